The summed E-state index contributed by atoms with van der Waals surface area (Å²) < 4.78 is 15.1. The number of amides is 1. The van der Waals surface area contributed by atoms with E-state index in [2.05, 4.69) is 20.7 Å². The lowest BCUT2D eigenvalue weighted by Gasteiger charge is -2.09. The van der Waals surface area contributed by atoms with Crippen molar-refractivity contribution < 1.29 is 9.18 Å². The lowest BCUT2D eigenvalue weighted by Crippen LogP contribution is -2.24. The zero-order valence-electron chi connectivity index (χ0n) is 12.5. The van der Waals surface area contributed by atoms with Crippen molar-refractivity contribution in [3.8, 4) is 0 Å². The van der Waals surface area contributed by atoms with Gasteiger partial charge in [-0.3, -0.25) is 14.3 Å². The molecule has 8 heteroatoms. The number of nitrogens with one attached hydrogen (secondary N) is 3. The van der Waals surface area contributed by atoms with Crippen molar-refractivity contribution in [3.63, 3.8) is 0 Å². The Morgan fingerprint density at radius 1 is 1.35 bits per heavy atom. The minimum absolute atomic E-state index is 0.105. The van der Waals surface area contributed by atoms with Gasteiger partial charge in [0.05, 0.1) is 17.4 Å². The SMILES string of the molecule is CNc1cc(F)cc2cc(C(=O)Nc3ccnn3C)c(=O)[nH]c12. The molecule has 3 rings (SSSR count). The van der Waals surface area contributed by atoms with Gasteiger partial charge in [-0.2, -0.15) is 5.10 Å². The third-order valence-electron chi connectivity index (χ3n) is 3.49. The van der Waals surface area contributed by atoms with Crippen LogP contribution in [0.4, 0.5) is 15.9 Å². The van der Waals surface area contributed by atoms with Gasteiger partial charge in [-0.25, -0.2) is 4.39 Å². The number of aromatic amines is 1. The zero-order chi connectivity index (χ0) is 16.6. The molecule has 23 heavy (non-hydrogen) atoms. The number of hydrogen-bond donors (Lipinski definition) is 3. The van der Waals surface area contributed by atoms with E-state index < -0.39 is 17.3 Å². The highest BCUT2D eigenvalue weighted by Gasteiger charge is 2.15. The number of rotatable bonds is 3. The molecule has 0 aliphatic carbocycles. The van der Waals surface area contributed by atoms with E-state index in [0.29, 0.717) is 22.4 Å². The van der Waals surface area contributed by atoms with Crippen LogP contribution in [-0.2, 0) is 7.05 Å². The molecule has 0 unspecified atom stereocenters. The molecular formula is C15H14FN5O2. The Morgan fingerprint density at radius 3 is 2.78 bits per heavy atom. The molecule has 0 fully saturated rings. The molecule has 0 spiro atoms. The van der Waals surface area contributed by atoms with Crippen molar-refractivity contribution in [1.29, 1.82) is 0 Å². The Balaban J connectivity index is 2.08. The standard InChI is InChI=1S/C15H14FN5O2/c1-17-11-7-9(16)5-8-6-10(15(23)20-13(8)11)14(22)19-12-3-4-18-21(12)2/h3-7,17H,1-2H3,(H,19,22)(H,20,23). The fourth-order valence-corrected chi connectivity index (χ4v) is 2.33. The molecule has 0 bridgehead atoms. The van der Waals surface area contributed by atoms with E-state index in [9.17, 15) is 14.0 Å². The minimum Gasteiger partial charge on any atom is -0.386 e. The Hall–Kier alpha value is -3.16. The summed E-state index contributed by atoms with van der Waals surface area (Å²) in [6.45, 7) is 0. The third kappa shape index (κ3) is 2.66. The lowest BCUT2D eigenvalue weighted by atomic mass is 10.1. The summed E-state index contributed by atoms with van der Waals surface area (Å²) in [7, 11) is 3.28. The summed E-state index contributed by atoms with van der Waals surface area (Å²) in [6.07, 6.45) is 1.52. The van der Waals surface area contributed by atoms with Gasteiger partial charge in [-0.15, -0.1) is 0 Å². The first-order valence-corrected chi connectivity index (χ1v) is 6.83. The molecule has 2 heterocycles. The molecule has 3 N–H and O–H groups in total. The molecule has 3 aromatic rings. The second kappa shape index (κ2) is 5.56. The number of carbonyl (C=O) groups is 1. The van der Waals surface area contributed by atoms with Gasteiger partial charge in [-0.1, -0.05) is 0 Å². The molecular weight excluding hydrogens is 301 g/mol. The fraction of sp³-hybridized carbons (Fsp3) is 0.133. The number of pyridine rings is 1. The highest BCUT2D eigenvalue weighted by Crippen LogP contribution is 2.22. The number of fused-ring (bicyclic) bond motifs is 1. The zero-order valence-corrected chi connectivity index (χ0v) is 12.5. The number of benzene rings is 1. The second-order valence-electron chi connectivity index (χ2n) is 4.97. The maximum atomic E-state index is 13.6. The normalized spacial score (nSPS) is 10.7. The van der Waals surface area contributed by atoms with Crippen LogP contribution in [0.25, 0.3) is 10.9 Å². The lowest BCUT2D eigenvalue weighted by molar-refractivity contribution is 0.102. The molecule has 1 amide bonds. The predicted molar refractivity (Wildman–Crippen MR) is 85.2 cm³/mol. The number of halogens is 1. The van der Waals surface area contributed by atoms with Crippen molar-refractivity contribution in [1.82, 2.24) is 14.8 Å². The summed E-state index contributed by atoms with van der Waals surface area (Å²) in [5.74, 6) is -0.608. The molecule has 0 aliphatic heterocycles. The van der Waals surface area contributed by atoms with Crippen LogP contribution in [0, 0.1) is 5.82 Å². The number of hydrogen-bond acceptors (Lipinski definition) is 4. The van der Waals surface area contributed by atoms with Crippen LogP contribution in [0.5, 0.6) is 0 Å². The predicted octanol–water partition coefficient (Wildman–Crippen LogP) is 1.69. The summed E-state index contributed by atoms with van der Waals surface area (Å²) in [4.78, 5) is 27.1. The van der Waals surface area contributed by atoms with Gasteiger partial charge in [0, 0.05) is 25.5 Å². The number of anilines is 2. The van der Waals surface area contributed by atoms with Crippen molar-refractivity contribution in [3.05, 3.63) is 52.2 Å². The van der Waals surface area contributed by atoms with Crippen LogP contribution in [0.1, 0.15) is 10.4 Å². The van der Waals surface area contributed by atoms with Gasteiger partial charge in [-0.05, 0) is 18.2 Å². The van der Waals surface area contributed by atoms with Crippen LogP contribution < -0.4 is 16.2 Å². The number of carbonyl (C=O) groups excluding carboxylic acids is 1. The average Bonchev–Trinajstić information content (AvgIpc) is 2.91. The first-order valence-electron chi connectivity index (χ1n) is 6.83. The molecule has 2 aromatic heterocycles. The number of aryl methyl sites for hydroxylation is 1. The Bertz CT molecular complexity index is 960. The summed E-state index contributed by atoms with van der Waals surface area (Å²) in [6, 6.07) is 5.50. The smallest absolute Gasteiger partial charge is 0.262 e. The van der Waals surface area contributed by atoms with Crippen LogP contribution in [0.2, 0.25) is 0 Å². The van der Waals surface area contributed by atoms with Crippen molar-refractivity contribution >= 4 is 28.3 Å². The van der Waals surface area contributed by atoms with Crippen LogP contribution >= 0.6 is 0 Å². The second-order valence-corrected chi connectivity index (χ2v) is 4.97. The number of aromatic nitrogens is 3. The van der Waals surface area contributed by atoms with E-state index in [1.54, 1.807) is 20.2 Å². The van der Waals surface area contributed by atoms with E-state index in [0.717, 1.165) is 0 Å². The number of H-pyrrole nitrogens is 1. The Labute approximate surface area is 130 Å². The average molecular weight is 315 g/mol. The van der Waals surface area contributed by atoms with Gasteiger partial charge in [0.2, 0.25) is 0 Å². The first-order chi connectivity index (χ1) is 11.0. The van der Waals surface area contributed by atoms with Gasteiger partial charge < -0.3 is 15.6 Å². The van der Waals surface area contributed by atoms with Gasteiger partial charge >= 0.3 is 0 Å². The van der Waals surface area contributed by atoms with E-state index >= 15 is 0 Å². The molecule has 0 aliphatic rings. The van der Waals surface area contributed by atoms with Crippen LogP contribution in [0.3, 0.4) is 0 Å². The summed E-state index contributed by atoms with van der Waals surface area (Å²) in [5.41, 5.74) is 0.221. The molecule has 118 valence electrons. The molecule has 0 saturated heterocycles. The largest absolute Gasteiger partial charge is 0.386 e. The van der Waals surface area contributed by atoms with E-state index in [1.807, 2.05) is 0 Å². The first kappa shape index (κ1) is 14.8. The van der Waals surface area contributed by atoms with Crippen molar-refractivity contribution in [2.75, 3.05) is 17.7 Å². The molecule has 7 nitrogen and oxygen atoms in total. The molecule has 0 radical (unpaired) electrons. The summed E-state index contributed by atoms with van der Waals surface area (Å²) in [5, 5.41) is 9.74. The maximum absolute atomic E-state index is 13.6. The molecule has 0 atom stereocenters. The Morgan fingerprint density at radius 2 is 2.13 bits per heavy atom. The van der Waals surface area contributed by atoms with Crippen LogP contribution in [0.15, 0.2) is 35.3 Å². The molecule has 1 aromatic carbocycles. The Kier molecular flexibility index (Phi) is 3.57. The van der Waals surface area contributed by atoms with Gasteiger partial charge in [0.1, 0.15) is 17.2 Å². The van der Waals surface area contributed by atoms with Gasteiger partial charge in [0.15, 0.2) is 0 Å². The van der Waals surface area contributed by atoms with E-state index in [4.69, 9.17) is 0 Å². The minimum atomic E-state index is -0.591. The fourth-order valence-electron chi connectivity index (χ4n) is 2.33. The highest BCUT2D eigenvalue weighted by atomic mass is 19.1. The topological polar surface area (TPSA) is 91.8 Å². The highest BCUT2D eigenvalue weighted by molar-refractivity contribution is 6.06. The van der Waals surface area contributed by atoms with E-state index in [1.165, 1.54) is 29.1 Å². The van der Waals surface area contributed by atoms with Gasteiger partial charge in [0.25, 0.3) is 11.5 Å². The quantitative estimate of drug-likeness (QED) is 0.686. The molecule has 0 saturated carbocycles. The third-order valence-corrected chi connectivity index (χ3v) is 3.49. The van der Waals surface area contributed by atoms with Crippen LogP contribution in [-0.4, -0.2) is 27.7 Å². The maximum Gasteiger partial charge on any atom is 0.262 e. The van der Waals surface area contributed by atoms with Crippen molar-refractivity contribution in [2.45, 2.75) is 0 Å². The number of nitrogens with zero attached hydrogens (tertiary/aromatic N) is 2. The summed E-state index contributed by atoms with van der Waals surface area (Å²) >= 11 is 0. The van der Waals surface area contributed by atoms with E-state index in [-0.39, 0.29) is 5.56 Å². The van der Waals surface area contributed by atoms with Crippen molar-refractivity contribution in [2.24, 2.45) is 7.05 Å². The monoisotopic (exact) mass is 315 g/mol.